The van der Waals surface area contributed by atoms with Crippen molar-refractivity contribution >= 4 is 11.7 Å². The number of fused-ring (bicyclic) bond motifs is 3. The fourth-order valence-corrected chi connectivity index (χ4v) is 3.83. The third kappa shape index (κ3) is 2.13. The molecule has 1 saturated heterocycles. The number of methoxy groups -OCH3 is 1. The van der Waals surface area contributed by atoms with E-state index in [1.54, 1.807) is 7.11 Å². The highest BCUT2D eigenvalue weighted by Crippen LogP contribution is 2.47. The Morgan fingerprint density at radius 1 is 1.04 bits per heavy atom. The van der Waals surface area contributed by atoms with E-state index in [1.165, 1.54) is 0 Å². The van der Waals surface area contributed by atoms with Gasteiger partial charge in [-0.1, -0.05) is 36.4 Å². The summed E-state index contributed by atoms with van der Waals surface area (Å²) in [6, 6.07) is 15.0. The van der Waals surface area contributed by atoms with Gasteiger partial charge in [0.1, 0.15) is 5.75 Å². The molecule has 2 aliphatic rings. The molecule has 1 amide bonds. The number of ether oxygens (including phenoxy) is 1. The zero-order chi connectivity index (χ0) is 16.0. The molecule has 1 N–H and O–H groups in total. The summed E-state index contributed by atoms with van der Waals surface area (Å²) in [5, 5.41) is 3.08. The van der Waals surface area contributed by atoms with Crippen molar-refractivity contribution in [3.05, 3.63) is 65.2 Å². The van der Waals surface area contributed by atoms with E-state index in [0.717, 1.165) is 16.9 Å². The van der Waals surface area contributed by atoms with Crippen molar-refractivity contribution in [3.63, 3.8) is 0 Å². The largest absolute Gasteiger partial charge is 0.497 e. The van der Waals surface area contributed by atoms with Gasteiger partial charge in [0.2, 0.25) is 5.91 Å². The van der Waals surface area contributed by atoms with Crippen molar-refractivity contribution < 1.29 is 14.3 Å². The first-order valence-electron chi connectivity index (χ1n) is 7.75. The van der Waals surface area contributed by atoms with Crippen molar-refractivity contribution in [2.75, 3.05) is 7.11 Å². The van der Waals surface area contributed by atoms with Crippen molar-refractivity contribution in [2.45, 2.75) is 18.4 Å². The summed E-state index contributed by atoms with van der Waals surface area (Å²) < 4.78 is 5.18. The lowest BCUT2D eigenvalue weighted by atomic mass is 9.72. The number of nitrogens with one attached hydrogen (secondary N) is 1. The first kappa shape index (κ1) is 14.0. The number of hydrogen-bond acceptors (Lipinski definition) is 3. The fourth-order valence-electron chi connectivity index (χ4n) is 3.83. The molecule has 1 heterocycles. The lowest BCUT2D eigenvalue weighted by Gasteiger charge is -2.28. The van der Waals surface area contributed by atoms with Crippen LogP contribution < -0.4 is 10.1 Å². The quantitative estimate of drug-likeness (QED) is 0.928. The summed E-state index contributed by atoms with van der Waals surface area (Å²) in [4.78, 5) is 25.0. The number of amides is 1. The molecule has 2 aromatic carbocycles. The Morgan fingerprint density at radius 3 is 2.52 bits per heavy atom. The van der Waals surface area contributed by atoms with Gasteiger partial charge in [0.25, 0.3) is 0 Å². The Bertz CT molecular complexity index is 781. The summed E-state index contributed by atoms with van der Waals surface area (Å²) in [5.41, 5.74) is 2.57. The van der Waals surface area contributed by atoms with Crippen molar-refractivity contribution in [3.8, 4) is 5.75 Å². The number of ketones is 1. The normalized spacial score (nSPS) is 25.5. The SMILES string of the molecule is COc1ccc([C@H]2NC(=O)[C@@H]3c4ccccc4C(=O)C[C@H]23)cc1. The number of rotatable bonds is 2. The molecule has 0 unspecified atom stereocenters. The number of hydrogen-bond donors (Lipinski definition) is 1. The average Bonchev–Trinajstić information content (AvgIpc) is 2.92. The first-order chi connectivity index (χ1) is 11.2. The fraction of sp³-hybridized carbons (Fsp3) is 0.263. The standard InChI is InChI=1S/C19H17NO3/c1-23-12-8-6-11(7-9-12)18-15-10-16(21)13-4-2-3-5-14(13)17(15)19(22)20-18/h2-9,15,17-18H,10H2,1H3,(H,20,22)/t15-,17+,18+/m0/s1. The van der Waals surface area contributed by atoms with Crippen LogP contribution in [0.4, 0.5) is 0 Å². The molecule has 0 saturated carbocycles. The minimum Gasteiger partial charge on any atom is -0.497 e. The Labute approximate surface area is 134 Å². The van der Waals surface area contributed by atoms with Crippen LogP contribution in [-0.4, -0.2) is 18.8 Å². The van der Waals surface area contributed by atoms with Crippen molar-refractivity contribution in [2.24, 2.45) is 5.92 Å². The van der Waals surface area contributed by atoms with Crippen molar-refractivity contribution in [1.29, 1.82) is 0 Å². The number of carbonyl (C=O) groups is 2. The zero-order valence-corrected chi connectivity index (χ0v) is 12.8. The van der Waals surface area contributed by atoms with E-state index in [9.17, 15) is 9.59 Å². The van der Waals surface area contributed by atoms with Crippen LogP contribution in [0.2, 0.25) is 0 Å². The molecule has 4 nitrogen and oxygen atoms in total. The monoisotopic (exact) mass is 307 g/mol. The molecule has 0 radical (unpaired) electrons. The van der Waals surface area contributed by atoms with Crippen LogP contribution in [-0.2, 0) is 4.79 Å². The maximum Gasteiger partial charge on any atom is 0.228 e. The molecule has 1 aliphatic heterocycles. The minimum atomic E-state index is -0.240. The summed E-state index contributed by atoms with van der Waals surface area (Å²) >= 11 is 0. The Hall–Kier alpha value is -2.62. The first-order valence-corrected chi connectivity index (χ1v) is 7.75. The predicted octanol–water partition coefficient (Wildman–Crippen LogP) is 2.85. The molecule has 1 fully saturated rings. The van der Waals surface area contributed by atoms with Gasteiger partial charge >= 0.3 is 0 Å². The second kappa shape index (κ2) is 5.23. The summed E-state index contributed by atoms with van der Waals surface area (Å²) in [7, 11) is 1.62. The molecule has 3 atom stereocenters. The Morgan fingerprint density at radius 2 is 1.78 bits per heavy atom. The molecule has 2 aromatic rings. The van der Waals surface area contributed by atoms with Crippen LogP contribution in [0.5, 0.6) is 5.75 Å². The maximum absolute atomic E-state index is 12.5. The van der Waals surface area contributed by atoms with E-state index >= 15 is 0 Å². The van der Waals surface area contributed by atoms with Crippen LogP contribution in [0.15, 0.2) is 48.5 Å². The molecule has 0 bridgehead atoms. The zero-order valence-electron chi connectivity index (χ0n) is 12.8. The van der Waals surface area contributed by atoms with Gasteiger partial charge in [-0.25, -0.2) is 0 Å². The van der Waals surface area contributed by atoms with Crippen LogP contribution in [0, 0.1) is 5.92 Å². The van der Waals surface area contributed by atoms with E-state index in [2.05, 4.69) is 5.32 Å². The van der Waals surface area contributed by atoms with Gasteiger partial charge in [0, 0.05) is 17.9 Å². The van der Waals surface area contributed by atoms with E-state index in [4.69, 9.17) is 4.74 Å². The minimum absolute atomic E-state index is 0.00997. The van der Waals surface area contributed by atoms with Gasteiger partial charge in [0.15, 0.2) is 5.78 Å². The number of benzene rings is 2. The summed E-state index contributed by atoms with van der Waals surface area (Å²) in [6.45, 7) is 0. The second-order valence-electron chi connectivity index (χ2n) is 6.12. The molecular formula is C19H17NO3. The molecule has 4 heteroatoms. The van der Waals surface area contributed by atoms with Crippen LogP contribution >= 0.6 is 0 Å². The van der Waals surface area contributed by atoms with E-state index < -0.39 is 0 Å². The topological polar surface area (TPSA) is 55.4 Å². The molecule has 0 aromatic heterocycles. The van der Waals surface area contributed by atoms with Gasteiger partial charge in [0.05, 0.1) is 19.1 Å². The van der Waals surface area contributed by atoms with Gasteiger partial charge in [-0.15, -0.1) is 0 Å². The van der Waals surface area contributed by atoms with E-state index in [0.29, 0.717) is 12.0 Å². The third-order valence-corrected chi connectivity index (χ3v) is 4.93. The third-order valence-electron chi connectivity index (χ3n) is 4.93. The Balaban J connectivity index is 1.74. The lowest BCUT2D eigenvalue weighted by Crippen LogP contribution is -2.26. The van der Waals surface area contributed by atoms with Crippen LogP contribution in [0.1, 0.15) is 39.9 Å². The summed E-state index contributed by atoms with van der Waals surface area (Å²) in [6.07, 6.45) is 0.400. The second-order valence-corrected chi connectivity index (χ2v) is 6.12. The van der Waals surface area contributed by atoms with E-state index in [1.807, 2.05) is 48.5 Å². The number of carbonyl (C=O) groups excluding carboxylic acids is 2. The molecule has 1 aliphatic carbocycles. The van der Waals surface area contributed by atoms with Crippen molar-refractivity contribution in [1.82, 2.24) is 5.32 Å². The highest BCUT2D eigenvalue weighted by Gasteiger charge is 2.48. The smallest absolute Gasteiger partial charge is 0.228 e. The van der Waals surface area contributed by atoms with Gasteiger partial charge in [-0.05, 0) is 23.3 Å². The van der Waals surface area contributed by atoms with E-state index in [-0.39, 0.29) is 29.6 Å². The maximum atomic E-state index is 12.5. The highest BCUT2D eigenvalue weighted by molar-refractivity contribution is 6.03. The molecular weight excluding hydrogens is 290 g/mol. The molecule has 116 valence electrons. The molecule has 0 spiro atoms. The van der Waals surface area contributed by atoms with Crippen LogP contribution in [0.25, 0.3) is 0 Å². The summed E-state index contributed by atoms with van der Waals surface area (Å²) in [5.74, 6) is 0.640. The predicted molar refractivity (Wildman–Crippen MR) is 85.5 cm³/mol. The molecule has 4 rings (SSSR count). The van der Waals surface area contributed by atoms with Gasteiger partial charge in [-0.3, -0.25) is 9.59 Å². The lowest BCUT2D eigenvalue weighted by molar-refractivity contribution is -0.120. The molecule has 23 heavy (non-hydrogen) atoms. The van der Waals surface area contributed by atoms with Gasteiger partial charge < -0.3 is 10.1 Å². The van der Waals surface area contributed by atoms with Crippen LogP contribution in [0.3, 0.4) is 0 Å². The van der Waals surface area contributed by atoms with Gasteiger partial charge in [-0.2, -0.15) is 0 Å². The number of Topliss-reactive ketones (excluding diaryl/α,β-unsaturated/α-hetero) is 1. The average molecular weight is 307 g/mol. The Kier molecular flexibility index (Phi) is 3.18. The highest BCUT2D eigenvalue weighted by atomic mass is 16.5.